The van der Waals surface area contributed by atoms with Gasteiger partial charge in [-0.05, 0) is 43.7 Å². The summed E-state index contributed by atoms with van der Waals surface area (Å²) < 4.78 is 28.2. The maximum absolute atomic E-state index is 12.9. The highest BCUT2D eigenvalue weighted by molar-refractivity contribution is 9.10. The molecule has 2 aromatic carbocycles. The number of benzene rings is 2. The van der Waals surface area contributed by atoms with E-state index in [9.17, 15) is 8.42 Å². The molecule has 158 valence electrons. The predicted molar refractivity (Wildman–Crippen MR) is 126 cm³/mol. The maximum atomic E-state index is 12.9. The molecule has 4 rings (SSSR count). The smallest absolute Gasteiger partial charge is 0.243 e. The quantitative estimate of drug-likeness (QED) is 0.507. The summed E-state index contributed by atoms with van der Waals surface area (Å²) in [6, 6.07) is 13.4. The number of anilines is 1. The summed E-state index contributed by atoms with van der Waals surface area (Å²) >= 11 is 4.98. The second-order valence-corrected chi connectivity index (χ2v) is 11.3. The minimum Gasteiger partial charge on any atom is -0.345 e. The molecule has 1 fully saturated rings. The zero-order chi connectivity index (χ0) is 21.3. The van der Waals surface area contributed by atoms with Crippen molar-refractivity contribution in [1.29, 1.82) is 0 Å². The lowest BCUT2D eigenvalue weighted by Crippen LogP contribution is -2.48. The Morgan fingerprint density at radius 3 is 2.27 bits per heavy atom. The molecule has 1 aliphatic heterocycles. The van der Waals surface area contributed by atoms with Gasteiger partial charge in [0.25, 0.3) is 0 Å². The Morgan fingerprint density at radius 2 is 1.63 bits per heavy atom. The standard InChI is InChI=1S/C22H24BrN3O2S2/c1-16-11-17(2)13-18(12-16)14-20-15-29-22(24-20)25-7-9-26(10-8-25)30(27,28)21-5-3-19(23)4-6-21/h3-6,11-13,15H,7-10,14H2,1-2H3. The molecule has 0 N–H and O–H groups in total. The Labute approximate surface area is 190 Å². The van der Waals surface area contributed by atoms with Gasteiger partial charge < -0.3 is 4.90 Å². The van der Waals surface area contributed by atoms with Crippen molar-refractivity contribution < 1.29 is 8.42 Å². The first-order valence-electron chi connectivity index (χ1n) is 9.83. The number of aromatic nitrogens is 1. The van der Waals surface area contributed by atoms with Gasteiger partial charge in [0.2, 0.25) is 10.0 Å². The predicted octanol–water partition coefficient (Wildman–Crippen LogP) is 4.62. The number of aryl methyl sites for hydroxylation is 2. The Hall–Kier alpha value is -1.74. The summed E-state index contributed by atoms with van der Waals surface area (Å²) in [5, 5.41) is 3.08. The Bertz CT molecular complexity index is 1120. The number of rotatable bonds is 5. The normalized spacial score (nSPS) is 15.5. The minimum atomic E-state index is -3.46. The highest BCUT2D eigenvalue weighted by Crippen LogP contribution is 2.26. The van der Waals surface area contributed by atoms with Gasteiger partial charge in [-0.15, -0.1) is 11.3 Å². The molecule has 0 amide bonds. The van der Waals surface area contributed by atoms with Crippen molar-refractivity contribution in [3.05, 3.63) is 74.7 Å². The van der Waals surface area contributed by atoms with Gasteiger partial charge in [-0.3, -0.25) is 0 Å². The maximum Gasteiger partial charge on any atom is 0.243 e. The molecule has 1 aliphatic rings. The van der Waals surface area contributed by atoms with Crippen molar-refractivity contribution in [2.75, 3.05) is 31.1 Å². The molecule has 0 aliphatic carbocycles. The van der Waals surface area contributed by atoms with Crippen LogP contribution in [0.1, 0.15) is 22.4 Å². The van der Waals surface area contributed by atoms with Gasteiger partial charge >= 0.3 is 0 Å². The van der Waals surface area contributed by atoms with Crippen molar-refractivity contribution >= 4 is 42.4 Å². The van der Waals surface area contributed by atoms with Gasteiger partial charge in [0, 0.05) is 42.5 Å². The van der Waals surface area contributed by atoms with Crippen LogP contribution in [0.5, 0.6) is 0 Å². The molecule has 0 atom stereocenters. The van der Waals surface area contributed by atoms with E-state index in [1.165, 1.54) is 16.7 Å². The van der Waals surface area contributed by atoms with Gasteiger partial charge in [0.05, 0.1) is 10.6 Å². The lowest BCUT2D eigenvalue weighted by molar-refractivity contribution is 0.384. The lowest BCUT2D eigenvalue weighted by atomic mass is 10.0. The van der Waals surface area contributed by atoms with Crippen molar-refractivity contribution in [2.24, 2.45) is 0 Å². The molecule has 0 unspecified atom stereocenters. The van der Waals surface area contributed by atoms with Gasteiger partial charge in [-0.2, -0.15) is 4.31 Å². The fourth-order valence-electron chi connectivity index (χ4n) is 3.78. The molecule has 0 spiro atoms. The van der Waals surface area contributed by atoms with E-state index in [2.05, 4.69) is 58.3 Å². The molecule has 5 nitrogen and oxygen atoms in total. The van der Waals surface area contributed by atoms with Gasteiger partial charge in [0.15, 0.2) is 5.13 Å². The SMILES string of the molecule is Cc1cc(C)cc(Cc2csc(N3CCN(S(=O)(=O)c4ccc(Br)cc4)CC3)n2)c1. The number of halogens is 1. The zero-order valence-electron chi connectivity index (χ0n) is 17.0. The molecule has 2 heterocycles. The Morgan fingerprint density at radius 1 is 1.00 bits per heavy atom. The second-order valence-electron chi connectivity index (χ2n) is 7.64. The molecule has 0 radical (unpaired) electrons. The topological polar surface area (TPSA) is 53.5 Å². The molecular weight excluding hydrogens is 482 g/mol. The van der Waals surface area contributed by atoms with Crippen LogP contribution in [-0.2, 0) is 16.4 Å². The highest BCUT2D eigenvalue weighted by atomic mass is 79.9. The molecule has 3 aromatic rings. The fourth-order valence-corrected chi connectivity index (χ4v) is 6.34. The molecule has 1 saturated heterocycles. The van der Waals surface area contributed by atoms with Crippen LogP contribution in [0.15, 0.2) is 57.2 Å². The van der Waals surface area contributed by atoms with Crippen molar-refractivity contribution in [1.82, 2.24) is 9.29 Å². The van der Waals surface area contributed by atoms with Crippen LogP contribution >= 0.6 is 27.3 Å². The molecule has 30 heavy (non-hydrogen) atoms. The van der Waals surface area contributed by atoms with Crippen LogP contribution in [0.2, 0.25) is 0 Å². The number of nitrogens with zero attached hydrogens (tertiary/aromatic N) is 3. The number of hydrogen-bond acceptors (Lipinski definition) is 5. The van der Waals surface area contributed by atoms with Crippen LogP contribution in [0.25, 0.3) is 0 Å². The van der Waals surface area contributed by atoms with Crippen molar-refractivity contribution in [3.8, 4) is 0 Å². The Kier molecular flexibility index (Phi) is 6.29. The number of piperazine rings is 1. The molecule has 1 aromatic heterocycles. The van der Waals surface area contributed by atoms with E-state index in [4.69, 9.17) is 4.98 Å². The third kappa shape index (κ3) is 4.77. The van der Waals surface area contributed by atoms with Crippen LogP contribution in [0, 0.1) is 13.8 Å². The number of thiazole rings is 1. The van der Waals surface area contributed by atoms with E-state index in [1.54, 1.807) is 39.9 Å². The monoisotopic (exact) mass is 505 g/mol. The molecule has 0 bridgehead atoms. The zero-order valence-corrected chi connectivity index (χ0v) is 20.2. The van der Waals surface area contributed by atoms with E-state index < -0.39 is 10.0 Å². The summed E-state index contributed by atoms with van der Waals surface area (Å²) in [6.45, 7) is 6.45. The van der Waals surface area contributed by atoms with Crippen LogP contribution in [-0.4, -0.2) is 43.9 Å². The molecule has 0 saturated carbocycles. The number of sulfonamides is 1. The summed E-state index contributed by atoms with van der Waals surface area (Å²) in [5.74, 6) is 0. The third-order valence-electron chi connectivity index (χ3n) is 5.17. The van der Waals surface area contributed by atoms with E-state index in [-0.39, 0.29) is 0 Å². The first-order chi connectivity index (χ1) is 14.3. The largest absolute Gasteiger partial charge is 0.345 e. The van der Waals surface area contributed by atoms with Gasteiger partial charge in [-0.1, -0.05) is 45.3 Å². The average Bonchev–Trinajstić information content (AvgIpc) is 3.16. The van der Waals surface area contributed by atoms with Gasteiger partial charge in [-0.25, -0.2) is 13.4 Å². The van der Waals surface area contributed by atoms with Gasteiger partial charge in [0.1, 0.15) is 0 Å². The summed E-state index contributed by atoms with van der Waals surface area (Å²) in [5.41, 5.74) is 4.87. The molecular formula is C22H24BrN3O2S2. The van der Waals surface area contributed by atoms with E-state index in [0.29, 0.717) is 31.1 Å². The van der Waals surface area contributed by atoms with E-state index >= 15 is 0 Å². The highest BCUT2D eigenvalue weighted by Gasteiger charge is 2.29. The first kappa shape index (κ1) is 21.5. The minimum absolute atomic E-state index is 0.337. The third-order valence-corrected chi connectivity index (χ3v) is 8.56. The Balaban J connectivity index is 1.40. The van der Waals surface area contributed by atoms with E-state index in [1.807, 2.05) is 0 Å². The van der Waals surface area contributed by atoms with Crippen LogP contribution < -0.4 is 4.90 Å². The molecule has 8 heteroatoms. The van der Waals surface area contributed by atoms with Crippen molar-refractivity contribution in [3.63, 3.8) is 0 Å². The summed E-state index contributed by atoms with van der Waals surface area (Å²) in [6.07, 6.45) is 0.816. The first-order valence-corrected chi connectivity index (χ1v) is 12.9. The number of hydrogen-bond donors (Lipinski definition) is 0. The fraction of sp³-hybridized carbons (Fsp3) is 0.318. The summed E-state index contributed by atoms with van der Waals surface area (Å²) in [4.78, 5) is 7.34. The average molecular weight is 506 g/mol. The summed E-state index contributed by atoms with van der Waals surface area (Å²) in [7, 11) is -3.46. The lowest BCUT2D eigenvalue weighted by Gasteiger charge is -2.33. The second kappa shape index (κ2) is 8.78. The van der Waals surface area contributed by atoms with Crippen LogP contribution in [0.3, 0.4) is 0 Å². The van der Waals surface area contributed by atoms with E-state index in [0.717, 1.165) is 21.7 Å². The van der Waals surface area contributed by atoms with Crippen LogP contribution in [0.4, 0.5) is 5.13 Å². The van der Waals surface area contributed by atoms with Crippen molar-refractivity contribution in [2.45, 2.75) is 25.2 Å².